The zero-order chi connectivity index (χ0) is 12.6. The average molecular weight is 256 g/mol. The van der Waals surface area contributed by atoms with Crippen LogP contribution in [0.25, 0.3) is 0 Å². The molecule has 1 aromatic rings. The van der Waals surface area contributed by atoms with Gasteiger partial charge in [0.15, 0.2) is 0 Å². The number of rotatable bonds is 1. The molecule has 0 aliphatic carbocycles. The van der Waals surface area contributed by atoms with Crippen molar-refractivity contribution >= 4 is 17.5 Å². The van der Waals surface area contributed by atoms with E-state index in [0.717, 1.165) is 19.6 Å². The number of aromatic nitrogens is 1. The van der Waals surface area contributed by atoms with Gasteiger partial charge in [-0.2, -0.15) is 0 Å². The summed E-state index contributed by atoms with van der Waals surface area (Å²) in [6.45, 7) is 6.53. The third-order valence-corrected chi connectivity index (χ3v) is 3.44. The summed E-state index contributed by atoms with van der Waals surface area (Å²) in [5, 5.41) is 3.91. The molecular formula is C12H18ClN3O. The van der Waals surface area contributed by atoms with Crippen molar-refractivity contribution in [1.82, 2.24) is 14.8 Å². The Labute approximate surface area is 107 Å². The van der Waals surface area contributed by atoms with Crippen LogP contribution in [0.2, 0.25) is 5.02 Å². The van der Waals surface area contributed by atoms with E-state index in [1.54, 1.807) is 16.8 Å². The van der Waals surface area contributed by atoms with Gasteiger partial charge >= 0.3 is 0 Å². The van der Waals surface area contributed by atoms with Gasteiger partial charge in [0.05, 0.1) is 10.6 Å². The largest absolute Gasteiger partial charge is 0.345 e. The Kier molecular flexibility index (Phi) is 3.19. The molecule has 1 amide bonds. The van der Waals surface area contributed by atoms with E-state index in [-0.39, 0.29) is 11.4 Å². The van der Waals surface area contributed by atoms with Crippen LogP contribution >= 0.6 is 11.6 Å². The van der Waals surface area contributed by atoms with Crippen molar-refractivity contribution in [3.63, 3.8) is 0 Å². The Morgan fingerprint density at radius 3 is 2.76 bits per heavy atom. The molecule has 5 heteroatoms. The molecule has 0 bridgehead atoms. The second kappa shape index (κ2) is 4.35. The van der Waals surface area contributed by atoms with Crippen molar-refractivity contribution in [1.29, 1.82) is 0 Å². The Morgan fingerprint density at radius 1 is 1.53 bits per heavy atom. The molecule has 0 radical (unpaired) electrons. The summed E-state index contributed by atoms with van der Waals surface area (Å²) in [5.41, 5.74) is 0.483. The first kappa shape index (κ1) is 12.5. The van der Waals surface area contributed by atoms with Gasteiger partial charge in [-0.15, -0.1) is 0 Å². The first-order valence-corrected chi connectivity index (χ1v) is 6.14. The van der Waals surface area contributed by atoms with Crippen molar-refractivity contribution in [2.75, 3.05) is 19.6 Å². The fraction of sp³-hybridized carbons (Fsp3) is 0.583. The van der Waals surface area contributed by atoms with Crippen LogP contribution in [0.3, 0.4) is 0 Å². The Balaban J connectivity index is 2.28. The highest BCUT2D eigenvalue weighted by Gasteiger charge is 2.34. The third kappa shape index (κ3) is 2.33. The average Bonchev–Trinajstić information content (AvgIpc) is 2.56. The zero-order valence-electron chi connectivity index (χ0n) is 10.5. The molecule has 17 heavy (non-hydrogen) atoms. The summed E-state index contributed by atoms with van der Waals surface area (Å²) >= 11 is 5.92. The number of halogens is 1. The van der Waals surface area contributed by atoms with Gasteiger partial charge in [0.2, 0.25) is 0 Å². The number of hydrogen-bond donors (Lipinski definition) is 1. The van der Waals surface area contributed by atoms with Crippen molar-refractivity contribution in [2.45, 2.75) is 19.4 Å². The van der Waals surface area contributed by atoms with Crippen molar-refractivity contribution < 1.29 is 4.79 Å². The van der Waals surface area contributed by atoms with Crippen LogP contribution in [0.15, 0.2) is 12.3 Å². The first-order valence-electron chi connectivity index (χ1n) is 5.76. The Bertz CT molecular complexity index is 439. The van der Waals surface area contributed by atoms with E-state index in [9.17, 15) is 4.79 Å². The molecule has 0 unspecified atom stereocenters. The van der Waals surface area contributed by atoms with Crippen molar-refractivity contribution in [2.24, 2.45) is 7.05 Å². The molecule has 4 nitrogen and oxygen atoms in total. The fourth-order valence-corrected chi connectivity index (χ4v) is 2.48. The minimum atomic E-state index is -0.161. The molecule has 0 aromatic carbocycles. The lowest BCUT2D eigenvalue weighted by molar-refractivity contribution is 0.0468. The maximum Gasteiger partial charge on any atom is 0.271 e. The number of amides is 1. The highest BCUT2D eigenvalue weighted by molar-refractivity contribution is 6.31. The minimum Gasteiger partial charge on any atom is -0.345 e. The number of piperazine rings is 1. The molecule has 1 aliphatic heterocycles. The van der Waals surface area contributed by atoms with Gasteiger partial charge in [-0.1, -0.05) is 11.6 Å². The Hall–Kier alpha value is -1.00. The predicted octanol–water partition coefficient (Wildman–Crippen LogP) is 1.50. The molecule has 0 saturated carbocycles. The predicted molar refractivity (Wildman–Crippen MR) is 68.4 cm³/mol. The molecule has 0 spiro atoms. The van der Waals surface area contributed by atoms with Crippen LogP contribution < -0.4 is 5.32 Å². The van der Waals surface area contributed by atoms with E-state index in [1.807, 2.05) is 11.9 Å². The number of nitrogens with one attached hydrogen (secondary N) is 1. The lowest BCUT2D eigenvalue weighted by atomic mass is 9.99. The lowest BCUT2D eigenvalue weighted by Gasteiger charge is -2.42. The van der Waals surface area contributed by atoms with E-state index in [1.165, 1.54) is 0 Å². The summed E-state index contributed by atoms with van der Waals surface area (Å²) in [5.74, 6) is 0.0471. The molecule has 1 N–H and O–H groups in total. The summed E-state index contributed by atoms with van der Waals surface area (Å²) in [7, 11) is 1.84. The fourth-order valence-electron chi connectivity index (χ4n) is 2.23. The quantitative estimate of drug-likeness (QED) is 0.826. The van der Waals surface area contributed by atoms with Crippen LogP contribution in [0, 0.1) is 0 Å². The molecule has 2 rings (SSSR count). The van der Waals surface area contributed by atoms with Crippen LogP contribution in [-0.2, 0) is 7.05 Å². The monoisotopic (exact) mass is 255 g/mol. The first-order chi connectivity index (χ1) is 7.92. The lowest BCUT2D eigenvalue weighted by Crippen LogP contribution is -2.60. The van der Waals surface area contributed by atoms with E-state index in [2.05, 4.69) is 19.2 Å². The zero-order valence-corrected chi connectivity index (χ0v) is 11.2. The standard InChI is InChI=1S/C12H18ClN3O/c1-12(2)8-14-4-5-16(12)11(17)10-6-9(13)7-15(10)3/h6-7,14H,4-5,8H2,1-3H3. The van der Waals surface area contributed by atoms with Gasteiger partial charge in [-0.3, -0.25) is 4.79 Å². The molecule has 94 valence electrons. The van der Waals surface area contributed by atoms with Crippen LogP contribution in [0.1, 0.15) is 24.3 Å². The van der Waals surface area contributed by atoms with Gasteiger partial charge in [0, 0.05) is 32.9 Å². The highest BCUT2D eigenvalue weighted by Crippen LogP contribution is 2.21. The second-order valence-corrected chi connectivity index (χ2v) is 5.54. The normalized spacial score (nSPS) is 19.4. The summed E-state index contributed by atoms with van der Waals surface area (Å²) in [6.07, 6.45) is 1.75. The Morgan fingerprint density at radius 2 is 2.24 bits per heavy atom. The maximum atomic E-state index is 12.5. The number of carbonyl (C=O) groups is 1. The maximum absolute atomic E-state index is 12.5. The van der Waals surface area contributed by atoms with E-state index in [0.29, 0.717) is 10.7 Å². The van der Waals surface area contributed by atoms with E-state index in [4.69, 9.17) is 11.6 Å². The van der Waals surface area contributed by atoms with Crippen molar-refractivity contribution in [3.8, 4) is 0 Å². The van der Waals surface area contributed by atoms with Crippen molar-refractivity contribution in [3.05, 3.63) is 23.0 Å². The van der Waals surface area contributed by atoms with E-state index >= 15 is 0 Å². The molecule has 2 heterocycles. The van der Waals surface area contributed by atoms with Crippen LogP contribution in [-0.4, -0.2) is 40.5 Å². The van der Waals surface area contributed by atoms with Crippen LogP contribution in [0.5, 0.6) is 0 Å². The third-order valence-electron chi connectivity index (χ3n) is 3.24. The topological polar surface area (TPSA) is 37.3 Å². The van der Waals surface area contributed by atoms with E-state index < -0.39 is 0 Å². The highest BCUT2D eigenvalue weighted by atomic mass is 35.5. The molecular weight excluding hydrogens is 238 g/mol. The number of hydrogen-bond acceptors (Lipinski definition) is 2. The number of nitrogens with zero attached hydrogens (tertiary/aromatic N) is 2. The van der Waals surface area contributed by atoms with Gasteiger partial charge in [-0.25, -0.2) is 0 Å². The minimum absolute atomic E-state index is 0.0471. The van der Waals surface area contributed by atoms with Gasteiger partial charge in [0.1, 0.15) is 5.69 Å². The van der Waals surface area contributed by atoms with Gasteiger partial charge in [0.25, 0.3) is 5.91 Å². The van der Waals surface area contributed by atoms with Gasteiger partial charge in [-0.05, 0) is 19.9 Å². The van der Waals surface area contributed by atoms with Gasteiger partial charge < -0.3 is 14.8 Å². The molecule has 0 atom stereocenters. The SMILES string of the molecule is Cn1cc(Cl)cc1C(=O)N1CCNCC1(C)C. The molecule has 1 aromatic heterocycles. The second-order valence-electron chi connectivity index (χ2n) is 5.10. The summed E-state index contributed by atoms with van der Waals surface area (Å²) in [6, 6.07) is 1.72. The smallest absolute Gasteiger partial charge is 0.271 e. The molecule has 1 saturated heterocycles. The number of carbonyl (C=O) groups excluding carboxylic acids is 1. The number of aryl methyl sites for hydroxylation is 1. The molecule has 1 fully saturated rings. The van der Waals surface area contributed by atoms with Crippen LogP contribution in [0.4, 0.5) is 0 Å². The summed E-state index contributed by atoms with van der Waals surface area (Å²) in [4.78, 5) is 14.4. The summed E-state index contributed by atoms with van der Waals surface area (Å²) < 4.78 is 1.78. The molecule has 1 aliphatic rings.